The average molecular weight is 214 g/mol. The topological polar surface area (TPSA) is 0 Å². The van der Waals surface area contributed by atoms with Crippen molar-refractivity contribution < 1.29 is 0 Å². The molecule has 0 aliphatic carbocycles. The molecule has 0 saturated heterocycles. The van der Waals surface area contributed by atoms with E-state index in [-0.39, 0.29) is 0 Å². The third-order valence-electron chi connectivity index (χ3n) is 0.762. The van der Waals surface area contributed by atoms with Crippen LogP contribution in [-0.2, 0) is 0 Å². The zero-order valence-corrected chi connectivity index (χ0v) is 12.3. The summed E-state index contributed by atoms with van der Waals surface area (Å²) in [5.74, 6) is 0. The summed E-state index contributed by atoms with van der Waals surface area (Å²) in [4.78, 5) is 0. The molecule has 0 radical (unpaired) electrons. The summed E-state index contributed by atoms with van der Waals surface area (Å²) in [5.41, 5.74) is 1.17. The van der Waals surface area contributed by atoms with Crippen molar-refractivity contribution in [2.45, 2.75) is 74.1 Å². The van der Waals surface area contributed by atoms with Crippen molar-refractivity contribution >= 4 is 0 Å². The number of hydrogen-bond acceptors (Lipinski definition) is 0. The van der Waals surface area contributed by atoms with Crippen molar-refractivity contribution in [2.75, 3.05) is 0 Å². The van der Waals surface area contributed by atoms with Gasteiger partial charge in [-0.25, -0.2) is 0 Å². The Hall–Kier alpha value is -0.520. The Morgan fingerprint density at radius 1 is 1.07 bits per heavy atom. The van der Waals surface area contributed by atoms with Gasteiger partial charge in [0.25, 0.3) is 0 Å². The maximum Gasteiger partial charge on any atom is -0.0354 e. The van der Waals surface area contributed by atoms with E-state index in [1.54, 1.807) is 0 Å². The third kappa shape index (κ3) is 289. The molecular formula is C15H34. The van der Waals surface area contributed by atoms with E-state index in [0.29, 0.717) is 0 Å². The normalized spacial score (nSPS) is 6.60. The van der Waals surface area contributed by atoms with Gasteiger partial charge in [-0.2, -0.15) is 0 Å². The first-order valence-corrected chi connectivity index (χ1v) is 6.29. The molecule has 0 fully saturated rings. The van der Waals surface area contributed by atoms with Gasteiger partial charge in [-0.15, -0.1) is 13.2 Å². The molecule has 0 heterocycles. The molecule has 0 aromatic rings. The van der Waals surface area contributed by atoms with Crippen LogP contribution in [0.15, 0.2) is 24.8 Å². The van der Waals surface area contributed by atoms with Gasteiger partial charge in [0.1, 0.15) is 0 Å². The van der Waals surface area contributed by atoms with Crippen LogP contribution < -0.4 is 0 Å². The molecule has 0 N–H and O–H groups in total. The van der Waals surface area contributed by atoms with Crippen molar-refractivity contribution in [2.24, 2.45) is 0 Å². The van der Waals surface area contributed by atoms with Gasteiger partial charge in [-0.05, 0) is 20.3 Å². The Morgan fingerprint density at radius 2 is 1.33 bits per heavy atom. The molecule has 0 saturated carbocycles. The quantitative estimate of drug-likeness (QED) is 0.377. The van der Waals surface area contributed by atoms with Gasteiger partial charge in [0, 0.05) is 0 Å². The Balaban J connectivity index is -0.0000000590. The van der Waals surface area contributed by atoms with Crippen LogP contribution in [-0.4, -0.2) is 0 Å². The smallest absolute Gasteiger partial charge is 0.0354 e. The van der Waals surface area contributed by atoms with Gasteiger partial charge in [0.15, 0.2) is 0 Å². The van der Waals surface area contributed by atoms with Crippen LogP contribution in [0.3, 0.4) is 0 Å². The Bertz CT molecular complexity index is 86.2. The molecule has 0 nitrogen and oxygen atoms in total. The van der Waals surface area contributed by atoms with Gasteiger partial charge in [-0.1, -0.05) is 65.5 Å². The van der Waals surface area contributed by atoms with E-state index in [1.807, 2.05) is 33.8 Å². The van der Waals surface area contributed by atoms with Crippen LogP contribution in [0.4, 0.5) is 0 Å². The molecule has 15 heavy (non-hydrogen) atoms. The summed E-state index contributed by atoms with van der Waals surface area (Å²) in [6, 6.07) is 0. The minimum absolute atomic E-state index is 1.17. The van der Waals surface area contributed by atoms with E-state index in [4.69, 9.17) is 0 Å². The van der Waals surface area contributed by atoms with Gasteiger partial charge in [0.2, 0.25) is 0 Å². The Kier molecular flexibility index (Phi) is 59.9. The van der Waals surface area contributed by atoms with Crippen LogP contribution in [0.25, 0.3) is 0 Å². The lowest BCUT2D eigenvalue weighted by Crippen LogP contribution is -1.61. The highest BCUT2D eigenvalue weighted by Crippen LogP contribution is 1.91. The molecule has 0 aliphatic heterocycles. The molecule has 0 atom stereocenters. The fourth-order valence-electron chi connectivity index (χ4n) is 0.348. The first kappa shape index (κ1) is 24.0. The highest BCUT2D eigenvalue weighted by molar-refractivity contribution is 4.78. The van der Waals surface area contributed by atoms with Gasteiger partial charge in [0.05, 0.1) is 0 Å². The van der Waals surface area contributed by atoms with Crippen molar-refractivity contribution in [3.05, 3.63) is 24.8 Å². The van der Waals surface area contributed by atoms with E-state index in [0.717, 1.165) is 0 Å². The number of unbranched alkanes of at least 4 members (excludes halogenated alkanes) is 2. The lowest BCUT2D eigenvalue weighted by molar-refractivity contribution is 0.816. The summed E-state index contributed by atoms with van der Waals surface area (Å²) in [5, 5.41) is 0. The van der Waals surface area contributed by atoms with E-state index in [2.05, 4.69) is 33.9 Å². The highest BCUT2D eigenvalue weighted by atomic mass is 13.8. The second-order valence-corrected chi connectivity index (χ2v) is 3.35. The fourth-order valence-corrected chi connectivity index (χ4v) is 0.348. The predicted octanol–water partition coefficient (Wildman–Crippen LogP) is 6.39. The lowest BCUT2D eigenvalue weighted by atomic mass is 10.3. The summed E-state index contributed by atoms with van der Waals surface area (Å²) in [6.07, 6.45) is 6.97. The second-order valence-electron chi connectivity index (χ2n) is 3.35. The fraction of sp³-hybridized carbons (Fsp3) is 0.733. The molecule has 0 aromatic heterocycles. The predicted molar refractivity (Wildman–Crippen MR) is 77.5 cm³/mol. The number of rotatable bonds is 3. The largest absolute Gasteiger partial charge is 0.103 e. The SMILES string of the molecule is C=C(C)C.C=CCCCC.CC.CCC. The minimum Gasteiger partial charge on any atom is -0.103 e. The molecule has 0 heteroatoms. The second kappa shape index (κ2) is 37.5. The summed E-state index contributed by atoms with van der Waals surface area (Å²) in [7, 11) is 0. The van der Waals surface area contributed by atoms with Gasteiger partial charge in [-0.3, -0.25) is 0 Å². The molecular weight excluding hydrogens is 180 g/mol. The molecule has 94 valence electrons. The first-order valence-electron chi connectivity index (χ1n) is 6.29. The monoisotopic (exact) mass is 214 g/mol. The van der Waals surface area contributed by atoms with E-state index in [9.17, 15) is 0 Å². The third-order valence-corrected chi connectivity index (χ3v) is 0.762. The lowest BCUT2D eigenvalue weighted by Gasteiger charge is -1.81. The number of allylic oxidation sites excluding steroid dienone is 2. The Labute approximate surface area is 99.5 Å². The average Bonchev–Trinajstić information content (AvgIpc) is 2.18. The summed E-state index contributed by atoms with van der Waals surface area (Å²) >= 11 is 0. The van der Waals surface area contributed by atoms with E-state index < -0.39 is 0 Å². The maximum absolute atomic E-state index is 3.60. The van der Waals surface area contributed by atoms with Gasteiger partial charge >= 0.3 is 0 Å². The molecule has 0 amide bonds. The number of hydrogen-bond donors (Lipinski definition) is 0. The van der Waals surface area contributed by atoms with E-state index in [1.165, 1.54) is 31.3 Å². The van der Waals surface area contributed by atoms with E-state index >= 15 is 0 Å². The molecule has 0 unspecified atom stereocenters. The van der Waals surface area contributed by atoms with Crippen molar-refractivity contribution in [3.8, 4) is 0 Å². The van der Waals surface area contributed by atoms with Crippen LogP contribution in [0, 0.1) is 0 Å². The zero-order valence-electron chi connectivity index (χ0n) is 12.3. The Morgan fingerprint density at radius 3 is 1.40 bits per heavy atom. The standard InChI is InChI=1S/C6H12.C4H8.C3H8.C2H6/c1-3-5-6-4-2;1-4(2)3;1-3-2;1-2/h3H,1,4-6H2,2H3;1H2,2-3H3;3H2,1-2H3;1-2H3. The van der Waals surface area contributed by atoms with Crippen LogP contribution in [0.2, 0.25) is 0 Å². The van der Waals surface area contributed by atoms with Crippen molar-refractivity contribution in [1.29, 1.82) is 0 Å². The van der Waals surface area contributed by atoms with Crippen molar-refractivity contribution in [1.82, 2.24) is 0 Å². The summed E-state index contributed by atoms with van der Waals surface area (Å²) < 4.78 is 0. The zero-order chi connectivity index (χ0) is 13.1. The molecule has 0 bridgehead atoms. The highest BCUT2D eigenvalue weighted by Gasteiger charge is 1.71. The van der Waals surface area contributed by atoms with Gasteiger partial charge < -0.3 is 0 Å². The maximum atomic E-state index is 3.60. The molecule has 0 spiro atoms. The van der Waals surface area contributed by atoms with Crippen LogP contribution >= 0.6 is 0 Å². The van der Waals surface area contributed by atoms with Crippen molar-refractivity contribution in [3.63, 3.8) is 0 Å². The minimum atomic E-state index is 1.17. The molecule has 0 aliphatic rings. The summed E-state index contributed by atoms with van der Waals surface area (Å²) in [6.45, 7) is 21.5. The van der Waals surface area contributed by atoms with Crippen LogP contribution in [0.5, 0.6) is 0 Å². The molecule has 0 aromatic carbocycles. The molecule has 0 rings (SSSR count). The first-order chi connectivity index (χ1) is 7.06. The van der Waals surface area contributed by atoms with Crippen LogP contribution in [0.1, 0.15) is 74.1 Å².